The van der Waals surface area contributed by atoms with Crippen molar-refractivity contribution in [2.75, 3.05) is 18.1 Å². The lowest BCUT2D eigenvalue weighted by atomic mass is 9.92. The van der Waals surface area contributed by atoms with Crippen LogP contribution in [0.2, 0.25) is 0 Å². The molecule has 0 radical (unpaired) electrons. The monoisotopic (exact) mass is 316 g/mol. The lowest BCUT2D eigenvalue weighted by Gasteiger charge is -2.33. The van der Waals surface area contributed by atoms with Gasteiger partial charge < -0.3 is 15.7 Å². The maximum Gasteiger partial charge on any atom is 0.329 e. The first-order valence-electron chi connectivity index (χ1n) is 7.33. The summed E-state index contributed by atoms with van der Waals surface area (Å²) in [6.45, 7) is 2.09. The maximum atomic E-state index is 11.9. The Morgan fingerprint density at radius 3 is 2.38 bits per heavy atom. The van der Waals surface area contributed by atoms with Crippen molar-refractivity contribution in [1.29, 1.82) is 0 Å². The summed E-state index contributed by atoms with van der Waals surface area (Å²) in [5.74, 6) is 0.365. The summed E-state index contributed by atoms with van der Waals surface area (Å²) in [5, 5.41) is 14.8. The molecular formula is C14H24N2O4S. The van der Waals surface area contributed by atoms with Gasteiger partial charge in [0.05, 0.1) is 0 Å². The van der Waals surface area contributed by atoms with E-state index in [1.807, 2.05) is 0 Å². The van der Waals surface area contributed by atoms with Crippen LogP contribution in [-0.2, 0) is 14.4 Å². The van der Waals surface area contributed by atoms with Crippen molar-refractivity contribution < 1.29 is 19.5 Å². The molecule has 0 unspecified atom stereocenters. The normalized spacial score (nSPS) is 17.0. The maximum absolute atomic E-state index is 11.9. The van der Waals surface area contributed by atoms with Crippen molar-refractivity contribution >= 4 is 29.5 Å². The van der Waals surface area contributed by atoms with E-state index in [0.29, 0.717) is 32.2 Å². The lowest BCUT2D eigenvalue weighted by Crippen LogP contribution is -2.56. The number of nitrogens with one attached hydrogen (secondary N) is 2. The van der Waals surface area contributed by atoms with Crippen molar-refractivity contribution in [3.05, 3.63) is 0 Å². The number of amides is 2. The average Bonchev–Trinajstić information content (AvgIpc) is 2.43. The molecule has 0 spiro atoms. The number of carbonyl (C=O) groups excluding carboxylic acids is 2. The van der Waals surface area contributed by atoms with Gasteiger partial charge in [-0.05, 0) is 37.2 Å². The molecule has 120 valence electrons. The first-order chi connectivity index (χ1) is 9.96. The largest absolute Gasteiger partial charge is 0.480 e. The summed E-state index contributed by atoms with van der Waals surface area (Å²) >= 11 is 1.72. The molecule has 0 bridgehead atoms. The van der Waals surface area contributed by atoms with Crippen molar-refractivity contribution in [3.63, 3.8) is 0 Å². The Hall–Kier alpha value is -1.24. The van der Waals surface area contributed by atoms with Crippen molar-refractivity contribution in [3.8, 4) is 0 Å². The van der Waals surface area contributed by atoms with Gasteiger partial charge in [-0.3, -0.25) is 9.59 Å². The first kappa shape index (κ1) is 17.8. The predicted molar refractivity (Wildman–Crippen MR) is 82.2 cm³/mol. The molecule has 1 aliphatic heterocycles. The van der Waals surface area contributed by atoms with Crippen molar-refractivity contribution in [2.24, 2.45) is 0 Å². The van der Waals surface area contributed by atoms with Gasteiger partial charge in [-0.15, -0.1) is 0 Å². The second kappa shape index (κ2) is 8.92. The summed E-state index contributed by atoms with van der Waals surface area (Å²) in [7, 11) is 0. The molecule has 0 aliphatic carbocycles. The lowest BCUT2D eigenvalue weighted by molar-refractivity contribution is -0.148. The highest BCUT2D eigenvalue weighted by Crippen LogP contribution is 2.27. The van der Waals surface area contributed by atoms with Crippen LogP contribution in [0.4, 0.5) is 0 Å². The topological polar surface area (TPSA) is 95.5 Å². The van der Waals surface area contributed by atoms with E-state index in [-0.39, 0.29) is 11.8 Å². The Morgan fingerprint density at radius 2 is 1.81 bits per heavy atom. The van der Waals surface area contributed by atoms with Crippen molar-refractivity contribution in [2.45, 2.75) is 51.0 Å². The minimum absolute atomic E-state index is 0.0497. The van der Waals surface area contributed by atoms with Crippen LogP contribution >= 0.6 is 11.8 Å². The summed E-state index contributed by atoms with van der Waals surface area (Å²) in [4.78, 5) is 34.0. The van der Waals surface area contributed by atoms with Gasteiger partial charge in [0.15, 0.2) is 0 Å². The molecule has 1 rings (SSSR count). The molecule has 1 saturated heterocycles. The minimum Gasteiger partial charge on any atom is -0.480 e. The van der Waals surface area contributed by atoms with E-state index in [1.165, 1.54) is 6.92 Å². The summed E-state index contributed by atoms with van der Waals surface area (Å²) in [5.41, 5.74) is -1.07. The minimum atomic E-state index is -1.07. The van der Waals surface area contributed by atoms with E-state index in [0.717, 1.165) is 24.3 Å². The molecule has 0 aromatic carbocycles. The molecule has 2 amide bonds. The molecule has 3 N–H and O–H groups in total. The Balaban J connectivity index is 2.25. The zero-order valence-electron chi connectivity index (χ0n) is 12.4. The van der Waals surface area contributed by atoms with Gasteiger partial charge in [0.25, 0.3) is 0 Å². The summed E-state index contributed by atoms with van der Waals surface area (Å²) in [6.07, 6.45) is 3.68. The second-order valence-electron chi connectivity index (χ2n) is 5.34. The number of hydrogen-bond donors (Lipinski definition) is 3. The zero-order valence-corrected chi connectivity index (χ0v) is 13.3. The van der Waals surface area contributed by atoms with Crippen LogP contribution in [0, 0.1) is 0 Å². The van der Waals surface area contributed by atoms with Crippen molar-refractivity contribution in [1.82, 2.24) is 10.6 Å². The Bertz CT molecular complexity index is 381. The quantitative estimate of drug-likeness (QED) is 0.584. The molecular weight excluding hydrogens is 292 g/mol. The third-order valence-corrected chi connectivity index (χ3v) is 4.57. The number of unbranched alkanes of at least 4 members (excludes halogenated alkanes) is 2. The van der Waals surface area contributed by atoms with Crippen LogP contribution in [0.3, 0.4) is 0 Å². The van der Waals surface area contributed by atoms with Gasteiger partial charge in [-0.25, -0.2) is 4.79 Å². The highest BCUT2D eigenvalue weighted by Gasteiger charge is 2.40. The van der Waals surface area contributed by atoms with Gasteiger partial charge in [-0.2, -0.15) is 11.8 Å². The van der Waals surface area contributed by atoms with Crippen LogP contribution in [0.15, 0.2) is 0 Å². The number of aliphatic carboxylic acids is 1. The molecule has 1 heterocycles. The van der Waals surface area contributed by atoms with Crippen LogP contribution in [-0.4, -0.2) is 46.5 Å². The molecule has 7 heteroatoms. The van der Waals surface area contributed by atoms with Crippen LogP contribution in [0.25, 0.3) is 0 Å². The van der Waals surface area contributed by atoms with Gasteiger partial charge in [0.2, 0.25) is 11.8 Å². The fraction of sp³-hybridized carbons (Fsp3) is 0.786. The Kier molecular flexibility index (Phi) is 7.56. The summed E-state index contributed by atoms with van der Waals surface area (Å²) in [6, 6.07) is 0. The van der Waals surface area contributed by atoms with E-state index in [1.54, 1.807) is 11.8 Å². The summed E-state index contributed by atoms with van der Waals surface area (Å²) < 4.78 is 0. The number of carboxylic acid groups (broad SMARTS) is 1. The van der Waals surface area contributed by atoms with Crippen LogP contribution in [0.5, 0.6) is 0 Å². The number of carbonyl (C=O) groups is 3. The van der Waals surface area contributed by atoms with Gasteiger partial charge >= 0.3 is 5.97 Å². The van der Waals surface area contributed by atoms with E-state index < -0.39 is 11.5 Å². The highest BCUT2D eigenvalue weighted by molar-refractivity contribution is 7.99. The number of thioether (sulfide) groups is 1. The molecule has 1 fully saturated rings. The van der Waals surface area contributed by atoms with Gasteiger partial charge in [-0.1, -0.05) is 6.42 Å². The zero-order chi connectivity index (χ0) is 15.7. The third kappa shape index (κ3) is 6.37. The number of carboxylic acids is 1. The second-order valence-corrected chi connectivity index (χ2v) is 6.57. The van der Waals surface area contributed by atoms with E-state index in [4.69, 9.17) is 0 Å². The van der Waals surface area contributed by atoms with Gasteiger partial charge in [0, 0.05) is 19.9 Å². The molecule has 6 nitrogen and oxygen atoms in total. The molecule has 0 atom stereocenters. The highest BCUT2D eigenvalue weighted by atomic mass is 32.2. The standard InChI is InChI=1S/C14H24N2O4S/c1-11(17)15-8-4-2-3-5-12(18)16-14(13(19)20)6-9-21-10-7-14/h2-10H2,1H3,(H,15,17)(H,16,18)(H,19,20). The Labute approximate surface area is 129 Å². The first-order valence-corrected chi connectivity index (χ1v) is 8.48. The fourth-order valence-corrected chi connectivity index (χ4v) is 3.48. The number of rotatable bonds is 8. The van der Waals surface area contributed by atoms with E-state index in [9.17, 15) is 19.5 Å². The molecule has 21 heavy (non-hydrogen) atoms. The molecule has 0 aromatic heterocycles. The van der Waals surface area contributed by atoms with Crippen LogP contribution < -0.4 is 10.6 Å². The van der Waals surface area contributed by atoms with E-state index in [2.05, 4.69) is 10.6 Å². The predicted octanol–water partition coefficient (Wildman–Crippen LogP) is 1.15. The number of hydrogen-bond acceptors (Lipinski definition) is 4. The van der Waals surface area contributed by atoms with Gasteiger partial charge in [0.1, 0.15) is 5.54 Å². The SMILES string of the molecule is CC(=O)NCCCCCC(=O)NC1(C(=O)O)CCSCC1. The third-order valence-electron chi connectivity index (χ3n) is 3.59. The smallest absolute Gasteiger partial charge is 0.329 e. The van der Waals surface area contributed by atoms with Crippen LogP contribution in [0.1, 0.15) is 45.4 Å². The molecule has 1 aliphatic rings. The molecule has 0 aromatic rings. The van der Waals surface area contributed by atoms with E-state index >= 15 is 0 Å². The fourth-order valence-electron chi connectivity index (χ4n) is 2.29. The molecule has 0 saturated carbocycles. The average molecular weight is 316 g/mol. The Morgan fingerprint density at radius 1 is 1.14 bits per heavy atom.